The number of rotatable bonds is 6. The van der Waals surface area contributed by atoms with Crippen molar-refractivity contribution in [3.05, 3.63) is 34.3 Å². The van der Waals surface area contributed by atoms with Gasteiger partial charge in [0.25, 0.3) is 0 Å². The molecule has 2 N–H and O–H groups in total. The zero-order valence-electron chi connectivity index (χ0n) is 11.2. The van der Waals surface area contributed by atoms with Crippen LogP contribution >= 0.6 is 15.9 Å². The molecule has 0 fully saturated rings. The Morgan fingerprint density at radius 1 is 1.50 bits per heavy atom. The van der Waals surface area contributed by atoms with Crippen molar-refractivity contribution in [3.8, 4) is 5.75 Å². The van der Waals surface area contributed by atoms with Gasteiger partial charge in [-0.15, -0.1) is 0 Å². The first-order valence-electron chi connectivity index (χ1n) is 6.02. The van der Waals surface area contributed by atoms with E-state index in [-0.39, 0.29) is 0 Å². The van der Waals surface area contributed by atoms with Crippen LogP contribution in [0.4, 0.5) is 0 Å². The fourth-order valence-electron chi connectivity index (χ4n) is 1.56. The number of amides is 1. The molecule has 0 saturated heterocycles. The lowest BCUT2D eigenvalue weighted by Gasteiger charge is -2.10. The van der Waals surface area contributed by atoms with Gasteiger partial charge in [-0.3, -0.25) is 4.79 Å². The molecule has 0 bridgehead atoms. The minimum atomic E-state index is -1.05. The summed E-state index contributed by atoms with van der Waals surface area (Å²) in [4.78, 5) is 22.5. The van der Waals surface area contributed by atoms with Crippen LogP contribution in [0, 0.1) is 0 Å². The summed E-state index contributed by atoms with van der Waals surface area (Å²) in [6.45, 7) is 1.69. The highest BCUT2D eigenvalue weighted by Crippen LogP contribution is 2.23. The number of nitrogens with one attached hydrogen (secondary N) is 1. The van der Waals surface area contributed by atoms with Crippen molar-refractivity contribution in [2.24, 2.45) is 0 Å². The van der Waals surface area contributed by atoms with Gasteiger partial charge in [0.05, 0.1) is 7.11 Å². The molecule has 1 aromatic rings. The summed E-state index contributed by atoms with van der Waals surface area (Å²) in [6.07, 6.45) is 3.19. The average Bonchev–Trinajstić information content (AvgIpc) is 2.42. The van der Waals surface area contributed by atoms with Crippen molar-refractivity contribution in [2.75, 3.05) is 7.11 Å². The molecule has 1 rings (SSSR count). The van der Waals surface area contributed by atoms with Gasteiger partial charge >= 0.3 is 5.97 Å². The van der Waals surface area contributed by atoms with Gasteiger partial charge in [0.15, 0.2) is 0 Å². The van der Waals surface area contributed by atoms with Crippen molar-refractivity contribution in [2.45, 2.75) is 19.4 Å². The first-order valence-corrected chi connectivity index (χ1v) is 6.82. The fourth-order valence-corrected chi connectivity index (χ4v) is 1.94. The van der Waals surface area contributed by atoms with Gasteiger partial charge in [-0.2, -0.15) is 0 Å². The first-order chi connectivity index (χ1) is 9.47. The zero-order chi connectivity index (χ0) is 15.1. The van der Waals surface area contributed by atoms with Crippen LogP contribution in [0.5, 0.6) is 5.75 Å². The minimum Gasteiger partial charge on any atom is -0.496 e. The van der Waals surface area contributed by atoms with Gasteiger partial charge in [0.2, 0.25) is 5.91 Å². The number of hydrogen-bond acceptors (Lipinski definition) is 3. The van der Waals surface area contributed by atoms with E-state index in [2.05, 4.69) is 21.2 Å². The maximum absolute atomic E-state index is 11.7. The Morgan fingerprint density at radius 3 is 2.75 bits per heavy atom. The number of hydrogen-bond donors (Lipinski definition) is 2. The molecule has 0 spiro atoms. The van der Waals surface area contributed by atoms with Crippen LogP contribution in [0.3, 0.4) is 0 Å². The molecule has 0 radical (unpaired) electrons. The smallest absolute Gasteiger partial charge is 0.326 e. The van der Waals surface area contributed by atoms with Gasteiger partial charge in [-0.05, 0) is 30.7 Å². The largest absolute Gasteiger partial charge is 0.496 e. The molecule has 1 amide bonds. The van der Waals surface area contributed by atoms with Gasteiger partial charge < -0.3 is 15.2 Å². The number of carboxylic acid groups (broad SMARTS) is 1. The molecule has 5 nitrogen and oxygen atoms in total. The SMILES string of the molecule is CC[C@@H](NC(=O)C=Cc1cc(Br)ccc1OC)C(=O)O. The molecule has 1 atom stereocenters. The summed E-state index contributed by atoms with van der Waals surface area (Å²) >= 11 is 3.34. The Hall–Kier alpha value is -1.82. The molecule has 0 heterocycles. The van der Waals surface area contributed by atoms with Gasteiger partial charge in [-0.1, -0.05) is 22.9 Å². The normalized spacial score (nSPS) is 12.2. The predicted molar refractivity (Wildman–Crippen MR) is 79.6 cm³/mol. The maximum Gasteiger partial charge on any atom is 0.326 e. The third-order valence-electron chi connectivity index (χ3n) is 2.63. The summed E-state index contributed by atoms with van der Waals surface area (Å²) in [5.74, 6) is -0.877. The fraction of sp³-hybridized carbons (Fsp3) is 0.286. The highest BCUT2D eigenvalue weighted by atomic mass is 79.9. The van der Waals surface area contributed by atoms with Crippen molar-refractivity contribution in [3.63, 3.8) is 0 Å². The number of methoxy groups -OCH3 is 1. The molecular weight excluding hydrogens is 326 g/mol. The standard InChI is InChI=1S/C14H16BrNO4/c1-3-11(14(18)19)16-13(17)7-4-9-8-10(15)5-6-12(9)20-2/h4-8,11H,3H2,1-2H3,(H,16,17)(H,18,19)/t11-/m1/s1. The van der Waals surface area contributed by atoms with Crippen molar-refractivity contribution in [1.82, 2.24) is 5.32 Å². The number of aliphatic carboxylic acids is 1. The van der Waals surface area contributed by atoms with E-state index in [4.69, 9.17) is 9.84 Å². The Labute approximate surface area is 125 Å². The van der Waals surface area contributed by atoms with Crippen LogP contribution in [0.1, 0.15) is 18.9 Å². The minimum absolute atomic E-state index is 0.328. The monoisotopic (exact) mass is 341 g/mol. The van der Waals surface area contributed by atoms with Crippen LogP contribution in [-0.4, -0.2) is 30.1 Å². The molecule has 108 valence electrons. The van der Waals surface area contributed by atoms with E-state index in [9.17, 15) is 9.59 Å². The van der Waals surface area contributed by atoms with Crippen molar-refractivity contribution in [1.29, 1.82) is 0 Å². The molecule has 0 aliphatic carbocycles. The summed E-state index contributed by atoms with van der Waals surface area (Å²) in [5.41, 5.74) is 0.723. The molecule has 20 heavy (non-hydrogen) atoms. The Morgan fingerprint density at radius 2 is 2.20 bits per heavy atom. The molecule has 0 aliphatic heterocycles. The van der Waals surface area contributed by atoms with E-state index in [1.54, 1.807) is 25.1 Å². The number of benzene rings is 1. The maximum atomic E-state index is 11.7. The molecule has 0 aliphatic rings. The number of ether oxygens (including phenoxy) is 1. The lowest BCUT2D eigenvalue weighted by Crippen LogP contribution is -2.39. The molecular formula is C14H16BrNO4. The van der Waals surface area contributed by atoms with E-state index in [1.807, 2.05) is 6.07 Å². The van der Waals surface area contributed by atoms with Gasteiger partial charge in [0.1, 0.15) is 11.8 Å². The number of halogens is 1. The second-order valence-electron chi connectivity index (χ2n) is 4.03. The second kappa shape index (κ2) is 7.69. The number of carboxylic acids is 1. The highest BCUT2D eigenvalue weighted by Gasteiger charge is 2.15. The van der Waals surface area contributed by atoms with Crippen LogP contribution in [0.15, 0.2) is 28.7 Å². The zero-order valence-corrected chi connectivity index (χ0v) is 12.8. The molecule has 1 aromatic carbocycles. The van der Waals surface area contributed by atoms with Crippen LogP contribution in [-0.2, 0) is 9.59 Å². The Kier molecular flexibility index (Phi) is 6.24. The molecule has 0 aromatic heterocycles. The number of carbonyl (C=O) groups is 2. The Bertz CT molecular complexity index is 528. The molecule has 0 unspecified atom stereocenters. The van der Waals surface area contributed by atoms with Crippen LogP contribution in [0.25, 0.3) is 6.08 Å². The van der Waals surface area contributed by atoms with Crippen LogP contribution in [0.2, 0.25) is 0 Å². The average molecular weight is 342 g/mol. The lowest BCUT2D eigenvalue weighted by molar-refractivity contribution is -0.141. The first kappa shape index (κ1) is 16.2. The quantitative estimate of drug-likeness (QED) is 0.779. The van der Waals surface area contributed by atoms with Gasteiger partial charge in [-0.25, -0.2) is 4.79 Å². The Balaban J connectivity index is 2.79. The molecule has 6 heteroatoms. The van der Waals surface area contributed by atoms with Gasteiger partial charge in [0, 0.05) is 16.1 Å². The lowest BCUT2D eigenvalue weighted by atomic mass is 10.2. The summed E-state index contributed by atoms with van der Waals surface area (Å²) in [5, 5.41) is 11.3. The second-order valence-corrected chi connectivity index (χ2v) is 4.94. The third kappa shape index (κ3) is 4.70. The van der Waals surface area contributed by atoms with Crippen LogP contribution < -0.4 is 10.1 Å². The summed E-state index contributed by atoms with van der Waals surface area (Å²) < 4.78 is 6.03. The van der Waals surface area contributed by atoms with E-state index in [1.165, 1.54) is 13.2 Å². The van der Waals surface area contributed by atoms with E-state index in [0.29, 0.717) is 12.2 Å². The van der Waals surface area contributed by atoms with E-state index >= 15 is 0 Å². The highest BCUT2D eigenvalue weighted by molar-refractivity contribution is 9.10. The van der Waals surface area contributed by atoms with Crippen molar-refractivity contribution >= 4 is 33.9 Å². The number of carbonyl (C=O) groups excluding carboxylic acids is 1. The van der Waals surface area contributed by atoms with E-state index in [0.717, 1.165) is 10.0 Å². The van der Waals surface area contributed by atoms with E-state index < -0.39 is 17.9 Å². The third-order valence-corrected chi connectivity index (χ3v) is 3.12. The summed E-state index contributed by atoms with van der Waals surface area (Å²) in [6, 6.07) is 4.52. The molecule has 0 saturated carbocycles. The predicted octanol–water partition coefficient (Wildman–Crippen LogP) is 2.45. The summed E-state index contributed by atoms with van der Waals surface area (Å²) in [7, 11) is 1.54. The van der Waals surface area contributed by atoms with Crippen molar-refractivity contribution < 1.29 is 19.4 Å². The topological polar surface area (TPSA) is 75.6 Å².